The first-order valence-corrected chi connectivity index (χ1v) is 8.10. The minimum Gasteiger partial charge on any atom is -0.497 e. The van der Waals surface area contributed by atoms with Gasteiger partial charge in [0.15, 0.2) is 5.65 Å². The van der Waals surface area contributed by atoms with Gasteiger partial charge in [0.2, 0.25) is 5.91 Å². The number of pyridine rings is 1. The highest BCUT2D eigenvalue weighted by Crippen LogP contribution is 2.25. The summed E-state index contributed by atoms with van der Waals surface area (Å²) in [5.41, 5.74) is 1.85. The van der Waals surface area contributed by atoms with Crippen molar-refractivity contribution in [2.75, 3.05) is 19.5 Å². The number of rotatable bonds is 5. The van der Waals surface area contributed by atoms with Crippen LogP contribution in [0.3, 0.4) is 0 Å². The highest BCUT2D eigenvalue weighted by Gasteiger charge is 2.08. The van der Waals surface area contributed by atoms with E-state index in [0.717, 1.165) is 10.0 Å². The van der Waals surface area contributed by atoms with Crippen molar-refractivity contribution in [3.63, 3.8) is 0 Å². The van der Waals surface area contributed by atoms with Gasteiger partial charge in [0, 0.05) is 22.3 Å². The predicted molar refractivity (Wildman–Crippen MR) is 97.9 cm³/mol. The average molecular weight is 403 g/mol. The standard InChI is InChI=1S/C17H15BrN4O3/c1-24-13-4-5-15(25-2)11(7-13)3-6-16(23)20-14-8-12(18)9-22-10-19-21-17(14)22/h3-10H,1-2H3,(H,20,23)/b6-3+. The van der Waals surface area contributed by atoms with Gasteiger partial charge in [-0.2, -0.15) is 0 Å². The molecule has 3 aromatic rings. The first-order chi connectivity index (χ1) is 12.1. The molecule has 0 aliphatic heterocycles. The summed E-state index contributed by atoms with van der Waals surface area (Å²) in [4.78, 5) is 12.3. The number of aromatic nitrogens is 3. The van der Waals surface area contributed by atoms with Crippen LogP contribution in [0.2, 0.25) is 0 Å². The fourth-order valence-electron chi connectivity index (χ4n) is 2.30. The number of carbonyl (C=O) groups is 1. The van der Waals surface area contributed by atoms with E-state index >= 15 is 0 Å². The third-order valence-corrected chi connectivity index (χ3v) is 3.90. The summed E-state index contributed by atoms with van der Waals surface area (Å²) in [5.74, 6) is 1.03. The van der Waals surface area contributed by atoms with Crippen molar-refractivity contribution < 1.29 is 14.3 Å². The number of amides is 1. The molecular weight excluding hydrogens is 388 g/mol. The van der Waals surface area contributed by atoms with Crippen LogP contribution in [0, 0.1) is 0 Å². The number of hydrogen-bond acceptors (Lipinski definition) is 5. The van der Waals surface area contributed by atoms with Crippen molar-refractivity contribution in [3.8, 4) is 11.5 Å². The monoisotopic (exact) mass is 402 g/mol. The zero-order valence-electron chi connectivity index (χ0n) is 13.6. The molecule has 0 spiro atoms. The van der Waals surface area contributed by atoms with E-state index in [9.17, 15) is 4.79 Å². The summed E-state index contributed by atoms with van der Waals surface area (Å²) in [6, 6.07) is 7.13. The van der Waals surface area contributed by atoms with Gasteiger partial charge in [-0.1, -0.05) is 0 Å². The van der Waals surface area contributed by atoms with E-state index in [2.05, 4.69) is 31.4 Å². The van der Waals surface area contributed by atoms with Gasteiger partial charge in [0.1, 0.15) is 17.8 Å². The fourth-order valence-corrected chi connectivity index (χ4v) is 2.75. The van der Waals surface area contributed by atoms with E-state index in [4.69, 9.17) is 9.47 Å². The quantitative estimate of drug-likeness (QED) is 0.663. The van der Waals surface area contributed by atoms with E-state index in [1.54, 1.807) is 55.3 Å². The topological polar surface area (TPSA) is 77.8 Å². The van der Waals surface area contributed by atoms with E-state index in [1.165, 1.54) is 6.08 Å². The Kier molecular flexibility index (Phi) is 4.99. The van der Waals surface area contributed by atoms with Gasteiger partial charge < -0.3 is 14.8 Å². The zero-order valence-corrected chi connectivity index (χ0v) is 15.1. The Labute approximate surface area is 152 Å². The molecule has 0 fully saturated rings. The van der Waals surface area contributed by atoms with Crippen LogP contribution in [0.25, 0.3) is 11.7 Å². The van der Waals surface area contributed by atoms with Crippen molar-refractivity contribution in [1.82, 2.24) is 14.6 Å². The summed E-state index contributed by atoms with van der Waals surface area (Å²) in [6.07, 6.45) is 6.45. The van der Waals surface area contributed by atoms with Gasteiger partial charge >= 0.3 is 0 Å². The molecule has 0 atom stereocenters. The van der Waals surface area contributed by atoms with Gasteiger partial charge in [-0.15, -0.1) is 10.2 Å². The Hall–Kier alpha value is -2.87. The summed E-state index contributed by atoms with van der Waals surface area (Å²) >= 11 is 3.39. The zero-order chi connectivity index (χ0) is 17.8. The molecule has 0 unspecified atom stereocenters. The fraction of sp³-hybridized carbons (Fsp3) is 0.118. The second-order valence-electron chi connectivity index (χ2n) is 5.06. The molecule has 0 radical (unpaired) electrons. The van der Waals surface area contributed by atoms with E-state index in [1.807, 2.05) is 6.20 Å². The van der Waals surface area contributed by atoms with Gasteiger partial charge in [-0.3, -0.25) is 9.20 Å². The number of carbonyl (C=O) groups excluding carboxylic acids is 1. The summed E-state index contributed by atoms with van der Waals surface area (Å²) < 4.78 is 13.0. The van der Waals surface area contributed by atoms with E-state index < -0.39 is 0 Å². The first kappa shape index (κ1) is 17.0. The molecule has 3 rings (SSSR count). The minimum absolute atomic E-state index is 0.298. The van der Waals surface area contributed by atoms with Gasteiger partial charge in [0.25, 0.3) is 0 Å². The molecule has 25 heavy (non-hydrogen) atoms. The third kappa shape index (κ3) is 3.80. The Bertz CT molecular complexity index is 952. The lowest BCUT2D eigenvalue weighted by atomic mass is 10.1. The van der Waals surface area contributed by atoms with Crippen molar-refractivity contribution in [2.45, 2.75) is 0 Å². The molecule has 2 heterocycles. The Morgan fingerprint density at radius 2 is 2.12 bits per heavy atom. The van der Waals surface area contributed by atoms with E-state index in [0.29, 0.717) is 22.8 Å². The first-order valence-electron chi connectivity index (χ1n) is 7.30. The molecule has 0 aliphatic carbocycles. The van der Waals surface area contributed by atoms with Crippen molar-refractivity contribution >= 4 is 39.2 Å². The SMILES string of the molecule is COc1ccc(OC)c(/C=C/C(=O)Nc2cc(Br)cn3cnnc23)c1. The molecule has 2 aromatic heterocycles. The molecule has 1 N–H and O–H groups in total. The molecule has 0 saturated carbocycles. The molecule has 0 aliphatic rings. The number of nitrogens with zero attached hydrogens (tertiary/aromatic N) is 3. The molecule has 128 valence electrons. The smallest absolute Gasteiger partial charge is 0.248 e. The number of methoxy groups -OCH3 is 2. The van der Waals surface area contributed by atoms with Crippen molar-refractivity contribution in [3.05, 3.63) is 52.9 Å². The van der Waals surface area contributed by atoms with Crippen LogP contribution in [0.1, 0.15) is 5.56 Å². The summed E-state index contributed by atoms with van der Waals surface area (Å²) in [6.45, 7) is 0. The average Bonchev–Trinajstić information content (AvgIpc) is 3.08. The van der Waals surface area contributed by atoms with E-state index in [-0.39, 0.29) is 5.91 Å². The van der Waals surface area contributed by atoms with Crippen LogP contribution in [-0.4, -0.2) is 34.7 Å². The second kappa shape index (κ2) is 7.35. The maximum absolute atomic E-state index is 12.3. The normalized spacial score (nSPS) is 11.0. The van der Waals surface area contributed by atoms with Crippen LogP contribution in [0.15, 0.2) is 47.3 Å². The number of halogens is 1. The van der Waals surface area contributed by atoms with Crippen molar-refractivity contribution in [1.29, 1.82) is 0 Å². The molecular formula is C17H15BrN4O3. The second-order valence-corrected chi connectivity index (χ2v) is 5.98. The number of hydrogen-bond donors (Lipinski definition) is 1. The molecule has 7 nitrogen and oxygen atoms in total. The highest BCUT2D eigenvalue weighted by molar-refractivity contribution is 9.10. The maximum atomic E-state index is 12.3. The Morgan fingerprint density at radius 3 is 2.88 bits per heavy atom. The van der Waals surface area contributed by atoms with Gasteiger partial charge in [-0.05, 0) is 46.3 Å². The Balaban J connectivity index is 1.82. The Morgan fingerprint density at radius 1 is 1.28 bits per heavy atom. The molecule has 8 heteroatoms. The highest BCUT2D eigenvalue weighted by atomic mass is 79.9. The van der Waals surface area contributed by atoms with Gasteiger partial charge in [-0.25, -0.2) is 0 Å². The minimum atomic E-state index is -0.298. The largest absolute Gasteiger partial charge is 0.497 e. The number of anilines is 1. The number of nitrogens with one attached hydrogen (secondary N) is 1. The number of ether oxygens (including phenoxy) is 2. The molecule has 0 bridgehead atoms. The van der Waals surface area contributed by atoms with Gasteiger partial charge in [0.05, 0.1) is 19.9 Å². The van der Waals surface area contributed by atoms with Crippen LogP contribution >= 0.6 is 15.9 Å². The lowest BCUT2D eigenvalue weighted by Gasteiger charge is -2.07. The lowest BCUT2D eigenvalue weighted by Crippen LogP contribution is -2.09. The third-order valence-electron chi connectivity index (χ3n) is 3.47. The maximum Gasteiger partial charge on any atom is 0.248 e. The van der Waals surface area contributed by atoms with Crippen LogP contribution < -0.4 is 14.8 Å². The summed E-state index contributed by atoms with van der Waals surface area (Å²) in [5, 5.41) is 10.6. The number of benzene rings is 1. The van der Waals surface area contributed by atoms with Crippen molar-refractivity contribution in [2.24, 2.45) is 0 Å². The molecule has 0 saturated heterocycles. The van der Waals surface area contributed by atoms with Crippen LogP contribution in [0.4, 0.5) is 5.69 Å². The molecule has 1 amide bonds. The summed E-state index contributed by atoms with van der Waals surface area (Å²) in [7, 11) is 3.15. The van der Waals surface area contributed by atoms with Crippen LogP contribution in [-0.2, 0) is 4.79 Å². The number of fused-ring (bicyclic) bond motifs is 1. The molecule has 1 aromatic carbocycles. The lowest BCUT2D eigenvalue weighted by molar-refractivity contribution is -0.111. The predicted octanol–water partition coefficient (Wildman–Crippen LogP) is 3.16. The van der Waals surface area contributed by atoms with Crippen LogP contribution in [0.5, 0.6) is 11.5 Å².